The van der Waals surface area contributed by atoms with E-state index in [1.807, 2.05) is 20.0 Å². The molecular weight excluding hydrogens is 360 g/mol. The van der Waals surface area contributed by atoms with Crippen molar-refractivity contribution in [2.45, 2.75) is 45.1 Å². The SMILES string of the molecule is Cc1cc(NC(=O)c2cc(C3CC3NCC3CCOCC3)c(C)s2)n(C)n1. The van der Waals surface area contributed by atoms with Crippen molar-refractivity contribution in [1.29, 1.82) is 0 Å². The lowest BCUT2D eigenvalue weighted by atomic mass is 10.0. The average Bonchev–Trinajstić information content (AvgIpc) is 3.21. The second-order valence-electron chi connectivity index (χ2n) is 7.78. The van der Waals surface area contributed by atoms with Crippen molar-refractivity contribution in [3.8, 4) is 0 Å². The smallest absolute Gasteiger partial charge is 0.266 e. The summed E-state index contributed by atoms with van der Waals surface area (Å²) in [5, 5.41) is 11.0. The predicted octanol–water partition coefficient (Wildman–Crippen LogP) is 3.22. The molecule has 1 saturated heterocycles. The van der Waals surface area contributed by atoms with Crippen molar-refractivity contribution in [1.82, 2.24) is 15.1 Å². The zero-order valence-corrected chi connectivity index (χ0v) is 17.1. The fourth-order valence-electron chi connectivity index (χ4n) is 3.91. The van der Waals surface area contributed by atoms with Gasteiger partial charge in [-0.2, -0.15) is 5.10 Å². The zero-order valence-electron chi connectivity index (χ0n) is 16.2. The fourth-order valence-corrected chi connectivity index (χ4v) is 4.90. The monoisotopic (exact) mass is 388 g/mol. The van der Waals surface area contributed by atoms with Crippen LogP contribution in [0.1, 0.15) is 51.0 Å². The maximum atomic E-state index is 12.6. The second kappa shape index (κ2) is 7.73. The molecule has 1 amide bonds. The first-order valence-electron chi connectivity index (χ1n) is 9.74. The maximum Gasteiger partial charge on any atom is 0.266 e. The molecule has 2 atom stereocenters. The first kappa shape index (κ1) is 18.7. The molecule has 6 nitrogen and oxygen atoms in total. The van der Waals surface area contributed by atoms with Crippen LogP contribution in [0.2, 0.25) is 0 Å². The van der Waals surface area contributed by atoms with Gasteiger partial charge < -0.3 is 15.4 Å². The molecule has 2 unspecified atom stereocenters. The van der Waals surface area contributed by atoms with E-state index in [1.165, 1.54) is 29.7 Å². The van der Waals surface area contributed by atoms with E-state index in [0.29, 0.717) is 12.0 Å². The van der Waals surface area contributed by atoms with E-state index in [4.69, 9.17) is 4.74 Å². The van der Waals surface area contributed by atoms with Gasteiger partial charge in [-0.3, -0.25) is 9.48 Å². The summed E-state index contributed by atoms with van der Waals surface area (Å²) in [5.41, 5.74) is 2.23. The fraction of sp³-hybridized carbons (Fsp3) is 0.600. The molecular formula is C20H28N4O2S. The third kappa shape index (κ3) is 4.25. The van der Waals surface area contributed by atoms with Crippen LogP contribution in [-0.2, 0) is 11.8 Å². The molecule has 0 radical (unpaired) electrons. The topological polar surface area (TPSA) is 68.2 Å². The van der Waals surface area contributed by atoms with Crippen molar-refractivity contribution in [3.05, 3.63) is 33.1 Å². The van der Waals surface area contributed by atoms with Gasteiger partial charge in [0.05, 0.1) is 10.6 Å². The van der Waals surface area contributed by atoms with Gasteiger partial charge in [0.25, 0.3) is 5.91 Å². The van der Waals surface area contributed by atoms with Crippen molar-refractivity contribution in [2.24, 2.45) is 13.0 Å². The molecule has 7 heteroatoms. The Morgan fingerprint density at radius 3 is 2.81 bits per heavy atom. The van der Waals surface area contributed by atoms with Gasteiger partial charge in [0.15, 0.2) is 0 Å². The molecule has 0 aromatic carbocycles. The van der Waals surface area contributed by atoms with Gasteiger partial charge in [0.2, 0.25) is 0 Å². The van der Waals surface area contributed by atoms with Crippen LogP contribution < -0.4 is 10.6 Å². The number of rotatable bonds is 6. The van der Waals surface area contributed by atoms with Gasteiger partial charge in [0.1, 0.15) is 5.82 Å². The number of aryl methyl sites for hydroxylation is 3. The summed E-state index contributed by atoms with van der Waals surface area (Å²) in [5.74, 6) is 1.96. The van der Waals surface area contributed by atoms with Crippen LogP contribution in [0.5, 0.6) is 0 Å². The number of carbonyl (C=O) groups is 1. The standard InChI is InChI=1S/C20H28N4O2S/c1-12-8-19(24(3)23-12)22-20(25)18-10-15(13(2)27-18)16-9-17(16)21-11-14-4-6-26-7-5-14/h8,10,14,16-17,21H,4-7,9,11H2,1-3H3,(H,22,25). The van der Waals surface area contributed by atoms with Crippen LogP contribution in [0.3, 0.4) is 0 Å². The molecule has 2 fully saturated rings. The molecule has 2 aliphatic rings. The number of ether oxygens (including phenoxy) is 1. The molecule has 1 aliphatic carbocycles. The minimum Gasteiger partial charge on any atom is -0.381 e. The Hall–Kier alpha value is -1.70. The van der Waals surface area contributed by atoms with E-state index in [9.17, 15) is 4.79 Å². The summed E-state index contributed by atoms with van der Waals surface area (Å²) in [6.45, 7) is 6.93. The number of carbonyl (C=O) groups excluding carboxylic acids is 1. The van der Waals surface area contributed by atoms with Crippen molar-refractivity contribution >= 4 is 23.1 Å². The van der Waals surface area contributed by atoms with E-state index in [0.717, 1.165) is 42.1 Å². The lowest BCUT2D eigenvalue weighted by Crippen LogP contribution is -2.29. The van der Waals surface area contributed by atoms with Crippen LogP contribution >= 0.6 is 11.3 Å². The molecule has 3 heterocycles. The molecule has 4 rings (SSSR count). The predicted molar refractivity (Wildman–Crippen MR) is 108 cm³/mol. The second-order valence-corrected chi connectivity index (χ2v) is 9.04. The molecule has 146 valence electrons. The van der Waals surface area contributed by atoms with Crippen molar-refractivity contribution in [3.63, 3.8) is 0 Å². The van der Waals surface area contributed by atoms with E-state index in [-0.39, 0.29) is 5.91 Å². The van der Waals surface area contributed by atoms with Crippen LogP contribution in [-0.4, -0.2) is 41.5 Å². The van der Waals surface area contributed by atoms with E-state index < -0.39 is 0 Å². The first-order chi connectivity index (χ1) is 13.0. The van der Waals surface area contributed by atoms with Crippen LogP contribution in [0.25, 0.3) is 0 Å². The van der Waals surface area contributed by atoms with Crippen LogP contribution in [0.15, 0.2) is 12.1 Å². The Labute approximate surface area is 164 Å². The molecule has 2 aromatic heterocycles. The number of nitrogens with zero attached hydrogens (tertiary/aromatic N) is 2. The van der Waals surface area contributed by atoms with Gasteiger partial charge in [-0.15, -0.1) is 11.3 Å². The summed E-state index contributed by atoms with van der Waals surface area (Å²) in [4.78, 5) is 14.7. The van der Waals surface area contributed by atoms with E-state index in [2.05, 4.69) is 28.7 Å². The lowest BCUT2D eigenvalue weighted by molar-refractivity contribution is 0.0662. The molecule has 2 aromatic rings. The van der Waals surface area contributed by atoms with Gasteiger partial charge in [-0.1, -0.05) is 0 Å². The summed E-state index contributed by atoms with van der Waals surface area (Å²) in [7, 11) is 1.84. The van der Waals surface area contributed by atoms with E-state index >= 15 is 0 Å². The van der Waals surface area contributed by atoms with Crippen molar-refractivity contribution in [2.75, 3.05) is 25.1 Å². The Balaban J connectivity index is 1.34. The lowest BCUT2D eigenvalue weighted by Gasteiger charge is -2.22. The highest BCUT2D eigenvalue weighted by molar-refractivity contribution is 7.14. The summed E-state index contributed by atoms with van der Waals surface area (Å²) in [6.07, 6.45) is 3.50. The normalized spacial score (nSPS) is 22.8. The Morgan fingerprint density at radius 1 is 1.33 bits per heavy atom. The van der Waals surface area contributed by atoms with Gasteiger partial charge in [0, 0.05) is 43.2 Å². The highest BCUT2D eigenvalue weighted by atomic mass is 32.1. The molecule has 1 aliphatic heterocycles. The Morgan fingerprint density at radius 2 is 2.11 bits per heavy atom. The number of amides is 1. The molecule has 27 heavy (non-hydrogen) atoms. The minimum absolute atomic E-state index is 0.0512. The largest absolute Gasteiger partial charge is 0.381 e. The molecule has 0 spiro atoms. The van der Waals surface area contributed by atoms with Gasteiger partial charge >= 0.3 is 0 Å². The van der Waals surface area contributed by atoms with Crippen molar-refractivity contribution < 1.29 is 9.53 Å². The molecule has 1 saturated carbocycles. The maximum absolute atomic E-state index is 12.6. The number of hydrogen-bond acceptors (Lipinski definition) is 5. The highest BCUT2D eigenvalue weighted by Crippen LogP contribution is 2.44. The first-order valence-corrected chi connectivity index (χ1v) is 10.6. The number of anilines is 1. The zero-order chi connectivity index (χ0) is 19.0. The minimum atomic E-state index is -0.0512. The number of thiophene rings is 1. The van der Waals surface area contributed by atoms with Crippen LogP contribution in [0.4, 0.5) is 5.82 Å². The van der Waals surface area contributed by atoms with E-state index in [1.54, 1.807) is 16.0 Å². The van der Waals surface area contributed by atoms with Gasteiger partial charge in [-0.05, 0) is 57.2 Å². The number of aromatic nitrogens is 2. The summed E-state index contributed by atoms with van der Waals surface area (Å²) < 4.78 is 7.14. The molecule has 2 N–H and O–H groups in total. The van der Waals surface area contributed by atoms with Crippen LogP contribution in [0, 0.1) is 19.8 Å². The Bertz CT molecular complexity index is 822. The molecule has 0 bridgehead atoms. The number of nitrogens with one attached hydrogen (secondary N) is 2. The van der Waals surface area contributed by atoms with Gasteiger partial charge in [-0.25, -0.2) is 0 Å². The average molecular weight is 389 g/mol. The number of hydrogen-bond donors (Lipinski definition) is 2. The summed E-state index contributed by atoms with van der Waals surface area (Å²) in [6, 6.07) is 4.52. The quantitative estimate of drug-likeness (QED) is 0.797. The summed E-state index contributed by atoms with van der Waals surface area (Å²) >= 11 is 1.58. The third-order valence-electron chi connectivity index (χ3n) is 5.62. The Kier molecular flexibility index (Phi) is 5.34. The third-order valence-corrected chi connectivity index (χ3v) is 6.69. The highest BCUT2D eigenvalue weighted by Gasteiger charge is 2.40.